The molecular weight excluding hydrogens is 216 g/mol. The minimum absolute atomic E-state index is 0.510. The van der Waals surface area contributed by atoms with Crippen molar-refractivity contribution >= 4 is 15.9 Å². The van der Waals surface area contributed by atoms with Crippen molar-refractivity contribution in [1.29, 1.82) is 0 Å². The average molecular weight is 233 g/mol. The molecule has 0 aromatic rings. The van der Waals surface area contributed by atoms with Gasteiger partial charge >= 0.3 is 0 Å². The van der Waals surface area contributed by atoms with Gasteiger partial charge in [0, 0.05) is 17.4 Å². The van der Waals surface area contributed by atoms with Crippen LogP contribution in [0.15, 0.2) is 0 Å². The van der Waals surface area contributed by atoms with Crippen molar-refractivity contribution in [3.05, 3.63) is 0 Å². The van der Waals surface area contributed by atoms with Gasteiger partial charge in [0.1, 0.15) is 0 Å². The smallest absolute Gasteiger partial charge is 0.0533 e. The Morgan fingerprint density at radius 2 is 2.08 bits per heavy atom. The van der Waals surface area contributed by atoms with Gasteiger partial charge in [-0.05, 0) is 25.2 Å². The maximum absolute atomic E-state index is 5.53. The molecule has 12 heavy (non-hydrogen) atoms. The summed E-state index contributed by atoms with van der Waals surface area (Å²) in [4.78, 5) is 0. The molecule has 2 rings (SSSR count). The largest absolute Gasteiger partial charge is 0.381 e. The lowest BCUT2D eigenvalue weighted by Gasteiger charge is -2.31. The molecule has 0 bridgehead atoms. The number of hydrogen-bond acceptors (Lipinski definition) is 1. The van der Waals surface area contributed by atoms with Crippen LogP contribution in [0.25, 0.3) is 0 Å². The Hall–Kier alpha value is 0.440. The molecule has 1 saturated heterocycles. The second-order valence-electron chi connectivity index (χ2n) is 4.28. The molecule has 2 heteroatoms. The van der Waals surface area contributed by atoms with E-state index in [4.69, 9.17) is 4.74 Å². The van der Waals surface area contributed by atoms with E-state index in [1.54, 1.807) is 0 Å². The molecule has 1 atom stereocenters. The minimum Gasteiger partial charge on any atom is -0.381 e. The van der Waals surface area contributed by atoms with Crippen LogP contribution < -0.4 is 0 Å². The van der Waals surface area contributed by atoms with E-state index in [1.165, 1.54) is 32.1 Å². The number of halogens is 1. The number of alkyl halides is 1. The van der Waals surface area contributed by atoms with E-state index in [9.17, 15) is 0 Å². The molecule has 0 N–H and O–H groups in total. The summed E-state index contributed by atoms with van der Waals surface area (Å²) >= 11 is 3.66. The first-order valence-electron chi connectivity index (χ1n) is 5.01. The fourth-order valence-electron chi connectivity index (χ4n) is 2.70. The summed E-state index contributed by atoms with van der Waals surface area (Å²) in [7, 11) is 0. The molecule has 0 spiro atoms. The second-order valence-corrected chi connectivity index (χ2v) is 4.84. The minimum atomic E-state index is 0.510. The van der Waals surface area contributed by atoms with Crippen molar-refractivity contribution in [3.8, 4) is 0 Å². The van der Waals surface area contributed by atoms with Crippen molar-refractivity contribution in [2.45, 2.75) is 32.1 Å². The van der Waals surface area contributed by atoms with Gasteiger partial charge in [-0.25, -0.2) is 0 Å². The maximum atomic E-state index is 5.53. The van der Waals surface area contributed by atoms with Gasteiger partial charge in [-0.1, -0.05) is 28.8 Å². The molecule has 2 aliphatic rings. The number of rotatable bonds is 2. The van der Waals surface area contributed by atoms with Gasteiger partial charge in [-0.15, -0.1) is 0 Å². The number of ether oxygens (including phenoxy) is 1. The molecular formula is C10H17BrO. The SMILES string of the molecule is BrCC1(C2CCCC2)CCOC1. The van der Waals surface area contributed by atoms with Gasteiger partial charge in [-0.2, -0.15) is 0 Å². The summed E-state index contributed by atoms with van der Waals surface area (Å²) in [6.45, 7) is 1.99. The highest BCUT2D eigenvalue weighted by Crippen LogP contribution is 2.46. The first-order chi connectivity index (χ1) is 5.87. The van der Waals surface area contributed by atoms with Crippen molar-refractivity contribution < 1.29 is 4.74 Å². The predicted octanol–water partition coefficient (Wildman–Crippen LogP) is 2.98. The van der Waals surface area contributed by atoms with Crippen molar-refractivity contribution in [1.82, 2.24) is 0 Å². The molecule has 1 aliphatic heterocycles. The Kier molecular flexibility index (Phi) is 2.75. The Balaban J connectivity index is 2.04. The van der Waals surface area contributed by atoms with E-state index in [-0.39, 0.29) is 0 Å². The highest BCUT2D eigenvalue weighted by molar-refractivity contribution is 9.09. The van der Waals surface area contributed by atoms with Gasteiger partial charge in [0.05, 0.1) is 6.61 Å². The normalized spacial score (nSPS) is 37.8. The zero-order valence-corrected chi connectivity index (χ0v) is 9.11. The maximum Gasteiger partial charge on any atom is 0.0533 e. The summed E-state index contributed by atoms with van der Waals surface area (Å²) in [6.07, 6.45) is 7.05. The van der Waals surface area contributed by atoms with Crippen LogP contribution in [-0.4, -0.2) is 18.5 Å². The summed E-state index contributed by atoms with van der Waals surface area (Å²) in [5.74, 6) is 0.944. The third kappa shape index (κ3) is 1.44. The van der Waals surface area contributed by atoms with Gasteiger partial charge in [-0.3, -0.25) is 0 Å². The molecule has 0 aromatic carbocycles. The molecule has 1 nitrogen and oxygen atoms in total. The molecule has 1 saturated carbocycles. The highest BCUT2D eigenvalue weighted by atomic mass is 79.9. The third-order valence-corrected chi connectivity index (χ3v) is 4.74. The van der Waals surface area contributed by atoms with Crippen LogP contribution in [0.5, 0.6) is 0 Å². The van der Waals surface area contributed by atoms with Gasteiger partial charge < -0.3 is 4.74 Å². The molecule has 1 unspecified atom stereocenters. The predicted molar refractivity (Wildman–Crippen MR) is 53.6 cm³/mol. The molecule has 0 aromatic heterocycles. The summed E-state index contributed by atoms with van der Waals surface area (Å²) in [6, 6.07) is 0. The zero-order valence-electron chi connectivity index (χ0n) is 7.52. The van der Waals surface area contributed by atoms with Crippen LogP contribution in [0.4, 0.5) is 0 Å². The second kappa shape index (κ2) is 3.67. The highest BCUT2D eigenvalue weighted by Gasteiger charge is 2.42. The first-order valence-corrected chi connectivity index (χ1v) is 6.13. The Labute approximate surface area is 83.0 Å². The lowest BCUT2D eigenvalue weighted by atomic mass is 9.75. The standard InChI is InChI=1S/C10H17BrO/c11-7-10(5-6-12-8-10)9-3-1-2-4-9/h9H,1-8H2. The lowest BCUT2D eigenvalue weighted by molar-refractivity contribution is 0.126. The van der Waals surface area contributed by atoms with Crippen LogP contribution in [0, 0.1) is 11.3 Å². The zero-order chi connectivity index (χ0) is 8.44. The van der Waals surface area contributed by atoms with Crippen LogP contribution in [0.3, 0.4) is 0 Å². The molecule has 1 heterocycles. The number of hydrogen-bond donors (Lipinski definition) is 0. The molecule has 0 amide bonds. The Morgan fingerprint density at radius 1 is 1.33 bits per heavy atom. The van der Waals surface area contributed by atoms with Crippen LogP contribution in [-0.2, 0) is 4.74 Å². The third-order valence-electron chi connectivity index (χ3n) is 3.62. The van der Waals surface area contributed by atoms with E-state index in [2.05, 4.69) is 15.9 Å². The Bertz CT molecular complexity index is 146. The monoisotopic (exact) mass is 232 g/mol. The molecule has 0 radical (unpaired) electrons. The van der Waals surface area contributed by atoms with Crippen molar-refractivity contribution in [3.63, 3.8) is 0 Å². The van der Waals surface area contributed by atoms with E-state index in [1.807, 2.05) is 0 Å². The van der Waals surface area contributed by atoms with Crippen molar-refractivity contribution in [2.75, 3.05) is 18.5 Å². The van der Waals surface area contributed by atoms with Crippen LogP contribution in [0.1, 0.15) is 32.1 Å². The fraction of sp³-hybridized carbons (Fsp3) is 1.00. The van der Waals surface area contributed by atoms with Gasteiger partial charge in [0.2, 0.25) is 0 Å². The quantitative estimate of drug-likeness (QED) is 0.666. The lowest BCUT2D eigenvalue weighted by Crippen LogP contribution is -2.31. The van der Waals surface area contributed by atoms with E-state index < -0.39 is 0 Å². The summed E-state index contributed by atoms with van der Waals surface area (Å²) in [5.41, 5.74) is 0.510. The van der Waals surface area contributed by atoms with Crippen LogP contribution >= 0.6 is 15.9 Å². The van der Waals surface area contributed by atoms with Gasteiger partial charge in [0.25, 0.3) is 0 Å². The molecule has 1 aliphatic carbocycles. The van der Waals surface area contributed by atoms with Gasteiger partial charge in [0.15, 0.2) is 0 Å². The average Bonchev–Trinajstić information content (AvgIpc) is 2.76. The summed E-state index contributed by atoms with van der Waals surface area (Å²) in [5, 5.41) is 1.14. The topological polar surface area (TPSA) is 9.23 Å². The van der Waals surface area contributed by atoms with E-state index in [0.717, 1.165) is 24.5 Å². The molecule has 2 fully saturated rings. The Morgan fingerprint density at radius 3 is 2.58 bits per heavy atom. The van der Waals surface area contributed by atoms with Crippen LogP contribution in [0.2, 0.25) is 0 Å². The van der Waals surface area contributed by atoms with E-state index in [0.29, 0.717) is 5.41 Å². The molecule has 70 valence electrons. The first kappa shape index (κ1) is 9.01. The fourth-order valence-corrected chi connectivity index (χ4v) is 3.60. The summed E-state index contributed by atoms with van der Waals surface area (Å²) < 4.78 is 5.53. The van der Waals surface area contributed by atoms with E-state index >= 15 is 0 Å². The van der Waals surface area contributed by atoms with Crippen molar-refractivity contribution in [2.24, 2.45) is 11.3 Å².